The van der Waals surface area contributed by atoms with Gasteiger partial charge in [-0.2, -0.15) is 0 Å². The molecule has 0 aliphatic heterocycles. The molecular formula is C28H25N3O5. The van der Waals surface area contributed by atoms with Crippen molar-refractivity contribution in [2.75, 3.05) is 20.7 Å². The average molecular weight is 484 g/mol. The maximum atomic E-state index is 13.3. The molecule has 0 unspecified atom stereocenters. The number of hydrogen-bond acceptors (Lipinski definition) is 6. The smallest absolute Gasteiger partial charge is 0.338 e. The summed E-state index contributed by atoms with van der Waals surface area (Å²) < 4.78 is 6.19. The number of ether oxygens (including phenoxy) is 1. The van der Waals surface area contributed by atoms with E-state index >= 15 is 0 Å². The van der Waals surface area contributed by atoms with Gasteiger partial charge in [0.15, 0.2) is 0 Å². The van der Waals surface area contributed by atoms with Gasteiger partial charge in [-0.15, -0.1) is 0 Å². The molecule has 0 bridgehead atoms. The van der Waals surface area contributed by atoms with E-state index in [1.165, 1.54) is 15.7 Å². The van der Waals surface area contributed by atoms with Crippen molar-refractivity contribution in [3.8, 4) is 11.6 Å². The molecule has 3 aromatic carbocycles. The van der Waals surface area contributed by atoms with Crippen LogP contribution >= 0.6 is 0 Å². The summed E-state index contributed by atoms with van der Waals surface area (Å²) in [6.45, 7) is 1.97. The number of hydrogen-bond donors (Lipinski definition) is 1. The Morgan fingerprint density at radius 3 is 2.17 bits per heavy atom. The van der Waals surface area contributed by atoms with E-state index in [2.05, 4.69) is 4.99 Å². The molecule has 1 heterocycles. The lowest BCUT2D eigenvalue weighted by Crippen LogP contribution is -2.21. The largest absolute Gasteiger partial charge is 0.494 e. The summed E-state index contributed by atoms with van der Waals surface area (Å²) in [5, 5.41) is 12.1. The summed E-state index contributed by atoms with van der Waals surface area (Å²) in [7, 11) is 3.36. The molecule has 0 fully saturated rings. The number of aromatic nitrogens is 1. The summed E-state index contributed by atoms with van der Waals surface area (Å²) in [5.41, 5.74) is 1.78. The summed E-state index contributed by atoms with van der Waals surface area (Å²) >= 11 is 0. The Hall–Kier alpha value is -4.72. The number of carbonyl (C=O) groups excluding carboxylic acids is 2. The molecule has 1 N–H and O–H groups in total. The van der Waals surface area contributed by atoms with Crippen molar-refractivity contribution in [1.29, 1.82) is 0 Å². The molecule has 36 heavy (non-hydrogen) atoms. The van der Waals surface area contributed by atoms with Gasteiger partial charge in [0.05, 0.1) is 29.1 Å². The normalized spacial score (nSPS) is 11.1. The van der Waals surface area contributed by atoms with Crippen LogP contribution in [0.1, 0.15) is 33.2 Å². The fraction of sp³-hybridized carbons (Fsp3) is 0.143. The molecule has 4 aromatic rings. The van der Waals surface area contributed by atoms with E-state index in [9.17, 15) is 19.5 Å². The van der Waals surface area contributed by atoms with Crippen molar-refractivity contribution in [3.05, 3.63) is 99.8 Å². The first-order chi connectivity index (χ1) is 17.3. The standard InChI is InChI=1S/C28H25N3O5/c1-4-36-28(35)19-11-15-21(16-12-19)31-26(33)23-8-6-5-7-22(23)24(27(31)34)17-29-20-13-9-18(10-14-20)25(32)30(2)3/h5-17,34H,4H2,1-3H3. The van der Waals surface area contributed by atoms with E-state index < -0.39 is 11.5 Å². The number of rotatable bonds is 6. The van der Waals surface area contributed by atoms with Crippen molar-refractivity contribution in [2.45, 2.75) is 6.92 Å². The second-order valence-corrected chi connectivity index (χ2v) is 8.20. The Labute approximate surface area is 207 Å². The van der Waals surface area contributed by atoms with Crippen molar-refractivity contribution in [2.24, 2.45) is 4.99 Å². The van der Waals surface area contributed by atoms with Gasteiger partial charge in [0.1, 0.15) is 0 Å². The van der Waals surface area contributed by atoms with Crippen molar-refractivity contribution in [3.63, 3.8) is 0 Å². The molecule has 8 heteroatoms. The van der Waals surface area contributed by atoms with Crippen LogP contribution in [-0.2, 0) is 4.74 Å². The Morgan fingerprint density at radius 1 is 0.944 bits per heavy atom. The van der Waals surface area contributed by atoms with Gasteiger partial charge in [0.2, 0.25) is 5.88 Å². The van der Waals surface area contributed by atoms with Crippen LogP contribution in [0.25, 0.3) is 16.5 Å². The minimum atomic E-state index is -0.467. The van der Waals surface area contributed by atoms with Crippen LogP contribution in [0.2, 0.25) is 0 Å². The highest BCUT2D eigenvalue weighted by atomic mass is 16.5. The number of aromatic hydroxyl groups is 1. The first-order valence-corrected chi connectivity index (χ1v) is 11.3. The molecule has 8 nitrogen and oxygen atoms in total. The van der Waals surface area contributed by atoms with Crippen molar-refractivity contribution < 1.29 is 19.4 Å². The van der Waals surface area contributed by atoms with Gasteiger partial charge in [-0.1, -0.05) is 18.2 Å². The zero-order chi connectivity index (χ0) is 25.8. The lowest BCUT2D eigenvalue weighted by Gasteiger charge is -2.14. The van der Waals surface area contributed by atoms with Crippen LogP contribution in [0.15, 0.2) is 82.6 Å². The summed E-state index contributed by atoms with van der Waals surface area (Å²) in [6.07, 6.45) is 1.49. The van der Waals surface area contributed by atoms with Crippen LogP contribution in [0, 0.1) is 0 Å². The Kier molecular flexibility index (Phi) is 6.96. The van der Waals surface area contributed by atoms with Gasteiger partial charge in [-0.05, 0) is 61.5 Å². The Bertz CT molecular complexity index is 1520. The van der Waals surface area contributed by atoms with Crippen LogP contribution in [0.4, 0.5) is 5.69 Å². The molecule has 0 atom stereocenters. The highest BCUT2D eigenvalue weighted by Gasteiger charge is 2.17. The summed E-state index contributed by atoms with van der Waals surface area (Å²) in [4.78, 5) is 43.4. The number of aliphatic imine (C=N–C) groups is 1. The van der Waals surface area contributed by atoms with Gasteiger partial charge in [0, 0.05) is 36.6 Å². The third kappa shape index (κ3) is 4.74. The number of esters is 1. The van der Waals surface area contributed by atoms with E-state index in [0.717, 1.165) is 0 Å². The van der Waals surface area contributed by atoms with E-state index in [1.807, 2.05) is 0 Å². The predicted molar refractivity (Wildman–Crippen MR) is 139 cm³/mol. The zero-order valence-electron chi connectivity index (χ0n) is 20.1. The summed E-state index contributed by atoms with van der Waals surface area (Å²) in [6, 6.07) is 19.9. The van der Waals surface area contributed by atoms with E-state index in [0.29, 0.717) is 38.8 Å². The monoisotopic (exact) mass is 483 g/mol. The minimum Gasteiger partial charge on any atom is -0.494 e. The summed E-state index contributed by atoms with van der Waals surface area (Å²) in [5.74, 6) is -0.869. The van der Waals surface area contributed by atoms with E-state index in [4.69, 9.17) is 4.74 Å². The second kappa shape index (κ2) is 10.3. The average Bonchev–Trinajstić information content (AvgIpc) is 2.89. The molecule has 0 radical (unpaired) electrons. The van der Waals surface area contributed by atoms with Crippen LogP contribution in [0.5, 0.6) is 5.88 Å². The quantitative estimate of drug-likeness (QED) is 0.325. The third-order valence-corrected chi connectivity index (χ3v) is 5.60. The topological polar surface area (TPSA) is 101 Å². The molecular weight excluding hydrogens is 458 g/mol. The molecule has 182 valence electrons. The number of benzene rings is 3. The fourth-order valence-electron chi connectivity index (χ4n) is 3.78. The number of amides is 1. The molecule has 0 aliphatic carbocycles. The first-order valence-electron chi connectivity index (χ1n) is 11.3. The predicted octanol–water partition coefficient (Wildman–Crippen LogP) is 4.33. The molecule has 1 amide bonds. The lowest BCUT2D eigenvalue weighted by molar-refractivity contribution is 0.0526. The molecule has 0 aliphatic rings. The van der Waals surface area contributed by atoms with Gasteiger partial charge in [0.25, 0.3) is 11.5 Å². The van der Waals surface area contributed by atoms with Crippen LogP contribution in [-0.4, -0.2) is 53.4 Å². The van der Waals surface area contributed by atoms with Crippen molar-refractivity contribution in [1.82, 2.24) is 9.47 Å². The lowest BCUT2D eigenvalue weighted by atomic mass is 10.1. The molecule has 0 spiro atoms. The number of fused-ring (bicyclic) bond motifs is 1. The third-order valence-electron chi connectivity index (χ3n) is 5.60. The Morgan fingerprint density at radius 2 is 1.56 bits per heavy atom. The van der Waals surface area contributed by atoms with Gasteiger partial charge >= 0.3 is 5.97 Å². The number of nitrogens with zero attached hydrogens (tertiary/aromatic N) is 3. The highest BCUT2D eigenvalue weighted by molar-refractivity contribution is 6.02. The Balaban J connectivity index is 1.78. The molecule has 4 rings (SSSR count). The van der Waals surface area contributed by atoms with Crippen LogP contribution < -0.4 is 5.56 Å². The maximum Gasteiger partial charge on any atom is 0.338 e. The fourth-order valence-corrected chi connectivity index (χ4v) is 3.78. The van der Waals surface area contributed by atoms with Gasteiger partial charge in [-0.3, -0.25) is 14.6 Å². The number of carbonyl (C=O) groups is 2. The second-order valence-electron chi connectivity index (χ2n) is 8.20. The molecule has 1 aromatic heterocycles. The highest BCUT2D eigenvalue weighted by Crippen LogP contribution is 2.27. The maximum absolute atomic E-state index is 13.3. The molecule has 0 saturated heterocycles. The SMILES string of the molecule is CCOC(=O)c1ccc(-n2c(O)c(C=Nc3ccc(C(=O)N(C)C)cc3)c3ccccc3c2=O)cc1. The van der Waals surface area contributed by atoms with Gasteiger partial charge in [-0.25, -0.2) is 9.36 Å². The minimum absolute atomic E-state index is 0.116. The number of pyridine rings is 1. The zero-order valence-corrected chi connectivity index (χ0v) is 20.1. The van der Waals surface area contributed by atoms with Gasteiger partial charge < -0.3 is 14.7 Å². The van der Waals surface area contributed by atoms with E-state index in [1.54, 1.807) is 93.8 Å². The first kappa shape index (κ1) is 24.4. The van der Waals surface area contributed by atoms with Crippen molar-refractivity contribution >= 4 is 34.6 Å². The molecule has 0 saturated carbocycles. The van der Waals surface area contributed by atoms with Crippen LogP contribution in [0.3, 0.4) is 0 Å². The van der Waals surface area contributed by atoms with E-state index in [-0.39, 0.29) is 18.4 Å².